The molecule has 144 valence electrons. The number of nitrogens with zero attached hydrogens (tertiary/aromatic N) is 1. The van der Waals surface area contributed by atoms with Gasteiger partial charge in [0.05, 0.1) is 5.25 Å². The summed E-state index contributed by atoms with van der Waals surface area (Å²) >= 11 is 0. The minimum absolute atomic E-state index is 0.00736. The highest BCUT2D eigenvalue weighted by Crippen LogP contribution is 2.31. The molecule has 6 nitrogen and oxygen atoms in total. The molecule has 0 bridgehead atoms. The monoisotopic (exact) mass is 381 g/mol. The third kappa shape index (κ3) is 4.84. The number of aliphatic carboxylic acids is 1. The zero-order chi connectivity index (χ0) is 19.3. The summed E-state index contributed by atoms with van der Waals surface area (Å²) in [7, 11) is -3.35. The quantitative estimate of drug-likeness (QED) is 0.552. The molecule has 2 atom stereocenters. The van der Waals surface area contributed by atoms with E-state index < -0.39 is 32.9 Å². The smallest absolute Gasteiger partial charge is 0.316 e. The molecule has 0 fully saturated rings. The fraction of sp³-hybridized carbons (Fsp3) is 0.579. The molecule has 1 amide bonds. The topological polar surface area (TPSA) is 91.8 Å². The Bertz CT molecular complexity index is 759. The number of benzene rings is 1. The Morgan fingerprint density at radius 1 is 1.23 bits per heavy atom. The number of unbranched alkanes of at least 4 members (excludes halogenated alkanes) is 3. The van der Waals surface area contributed by atoms with Crippen LogP contribution in [-0.2, 0) is 25.8 Å². The van der Waals surface area contributed by atoms with Crippen LogP contribution in [0.15, 0.2) is 24.3 Å². The van der Waals surface area contributed by atoms with Gasteiger partial charge < -0.3 is 10.0 Å². The Hall–Kier alpha value is -1.89. The molecule has 0 aromatic heterocycles. The van der Waals surface area contributed by atoms with Gasteiger partial charge in [0.1, 0.15) is 5.92 Å². The van der Waals surface area contributed by atoms with Crippen molar-refractivity contribution >= 4 is 27.4 Å². The number of carboxylic acid groups (broad SMARTS) is 1. The largest absolute Gasteiger partial charge is 0.481 e. The van der Waals surface area contributed by atoms with Crippen molar-refractivity contribution in [2.24, 2.45) is 5.92 Å². The summed E-state index contributed by atoms with van der Waals surface area (Å²) in [5.74, 6) is -2.81. The zero-order valence-corrected chi connectivity index (χ0v) is 16.2. The highest BCUT2D eigenvalue weighted by molar-refractivity contribution is 7.91. The lowest BCUT2D eigenvalue weighted by atomic mass is 9.96. The molecule has 1 aromatic carbocycles. The van der Waals surface area contributed by atoms with Crippen molar-refractivity contribution in [1.82, 2.24) is 0 Å². The first kappa shape index (κ1) is 20.4. The minimum Gasteiger partial charge on any atom is -0.481 e. The number of para-hydroxylation sites is 1. The van der Waals surface area contributed by atoms with Gasteiger partial charge in [-0.3, -0.25) is 9.59 Å². The average molecular weight is 381 g/mol. The van der Waals surface area contributed by atoms with Crippen molar-refractivity contribution in [1.29, 1.82) is 0 Å². The molecule has 0 radical (unpaired) electrons. The predicted molar refractivity (Wildman–Crippen MR) is 101 cm³/mol. The Labute approximate surface area is 155 Å². The Morgan fingerprint density at radius 2 is 1.92 bits per heavy atom. The van der Waals surface area contributed by atoms with Gasteiger partial charge in [-0.05, 0) is 24.5 Å². The molecule has 0 saturated carbocycles. The molecule has 26 heavy (non-hydrogen) atoms. The predicted octanol–water partition coefficient (Wildman–Crippen LogP) is 2.66. The van der Waals surface area contributed by atoms with Crippen LogP contribution in [0.1, 0.15) is 44.6 Å². The van der Waals surface area contributed by atoms with E-state index in [4.69, 9.17) is 0 Å². The van der Waals surface area contributed by atoms with E-state index in [-0.39, 0.29) is 13.0 Å². The number of fused-ring (bicyclic) bond motifs is 1. The highest BCUT2D eigenvalue weighted by atomic mass is 32.2. The summed E-state index contributed by atoms with van der Waals surface area (Å²) in [6.07, 6.45) is 5.36. The fourth-order valence-corrected chi connectivity index (χ4v) is 4.27. The summed E-state index contributed by atoms with van der Waals surface area (Å²) in [5.41, 5.74) is 1.38. The van der Waals surface area contributed by atoms with E-state index in [1.54, 1.807) is 24.3 Å². The third-order valence-electron chi connectivity index (χ3n) is 4.93. The maximum absolute atomic E-state index is 13.0. The molecule has 1 heterocycles. The fourth-order valence-electron chi connectivity index (χ4n) is 3.37. The summed E-state index contributed by atoms with van der Waals surface area (Å²) in [5, 5.41) is 8.83. The van der Waals surface area contributed by atoms with E-state index in [2.05, 4.69) is 6.92 Å². The molecule has 2 rings (SSSR count). The molecule has 0 saturated heterocycles. The van der Waals surface area contributed by atoms with E-state index in [1.807, 2.05) is 0 Å². The molecule has 1 aliphatic rings. The number of carbonyl (C=O) groups is 2. The second-order valence-electron chi connectivity index (χ2n) is 6.97. The second kappa shape index (κ2) is 8.66. The van der Waals surface area contributed by atoms with Gasteiger partial charge in [-0.2, -0.15) is 0 Å². The van der Waals surface area contributed by atoms with Crippen LogP contribution in [0.3, 0.4) is 0 Å². The lowest BCUT2D eigenvalue weighted by Crippen LogP contribution is -2.48. The molecule has 1 aliphatic heterocycles. The van der Waals surface area contributed by atoms with Crippen molar-refractivity contribution in [3.63, 3.8) is 0 Å². The maximum Gasteiger partial charge on any atom is 0.316 e. The third-order valence-corrected chi connectivity index (χ3v) is 6.46. The van der Waals surface area contributed by atoms with Gasteiger partial charge >= 0.3 is 5.97 Å². The molecule has 0 aliphatic carbocycles. The lowest BCUT2D eigenvalue weighted by molar-refractivity contribution is -0.146. The van der Waals surface area contributed by atoms with Crippen LogP contribution in [-0.4, -0.2) is 43.5 Å². The summed E-state index contributed by atoms with van der Waals surface area (Å²) < 4.78 is 24.1. The van der Waals surface area contributed by atoms with E-state index in [0.29, 0.717) is 18.5 Å². The van der Waals surface area contributed by atoms with E-state index in [1.165, 1.54) is 4.90 Å². The molecule has 1 aromatic rings. The Kier molecular flexibility index (Phi) is 6.81. The Balaban J connectivity index is 2.27. The zero-order valence-electron chi connectivity index (χ0n) is 15.3. The van der Waals surface area contributed by atoms with Crippen LogP contribution < -0.4 is 4.90 Å². The van der Waals surface area contributed by atoms with Crippen LogP contribution in [0, 0.1) is 5.92 Å². The van der Waals surface area contributed by atoms with E-state index in [0.717, 1.165) is 31.1 Å². The minimum atomic E-state index is -3.35. The first-order chi connectivity index (χ1) is 12.3. The van der Waals surface area contributed by atoms with Crippen LogP contribution in [0.25, 0.3) is 0 Å². The van der Waals surface area contributed by atoms with Gasteiger partial charge in [-0.25, -0.2) is 8.42 Å². The molecule has 7 heteroatoms. The van der Waals surface area contributed by atoms with E-state index in [9.17, 15) is 23.1 Å². The van der Waals surface area contributed by atoms with Crippen molar-refractivity contribution in [2.75, 3.05) is 17.7 Å². The van der Waals surface area contributed by atoms with Crippen LogP contribution in [0.2, 0.25) is 0 Å². The summed E-state index contributed by atoms with van der Waals surface area (Å²) in [6.45, 7) is 2.07. The number of sulfone groups is 1. The van der Waals surface area contributed by atoms with E-state index >= 15 is 0 Å². The first-order valence-electron chi connectivity index (χ1n) is 9.06. The maximum atomic E-state index is 13.0. The van der Waals surface area contributed by atoms with Gasteiger partial charge in [0.2, 0.25) is 5.91 Å². The van der Waals surface area contributed by atoms with Crippen molar-refractivity contribution in [3.05, 3.63) is 29.8 Å². The van der Waals surface area contributed by atoms with Crippen molar-refractivity contribution in [2.45, 2.75) is 50.7 Å². The lowest BCUT2D eigenvalue weighted by Gasteiger charge is -2.35. The number of rotatable bonds is 8. The number of hydrogen-bond acceptors (Lipinski definition) is 4. The summed E-state index contributed by atoms with van der Waals surface area (Å²) in [4.78, 5) is 26.0. The number of hydrogen-bond donors (Lipinski definition) is 1. The second-order valence-corrected chi connectivity index (χ2v) is 9.30. The molecular weight excluding hydrogens is 354 g/mol. The molecular formula is C19H27NO5S. The SMILES string of the molecule is CCCCCCC(C(=O)O)C(=O)N1CC(S(C)(=O)=O)Cc2ccccc21. The summed E-state index contributed by atoms with van der Waals surface area (Å²) in [6, 6.07) is 7.12. The van der Waals surface area contributed by atoms with Crippen molar-refractivity contribution < 1.29 is 23.1 Å². The average Bonchev–Trinajstić information content (AvgIpc) is 2.59. The van der Waals surface area contributed by atoms with Gasteiger partial charge in [0, 0.05) is 18.5 Å². The molecule has 1 N–H and O–H groups in total. The van der Waals surface area contributed by atoms with Crippen molar-refractivity contribution in [3.8, 4) is 0 Å². The van der Waals surface area contributed by atoms with Crippen LogP contribution in [0.5, 0.6) is 0 Å². The number of carbonyl (C=O) groups excluding carboxylic acids is 1. The number of amides is 1. The van der Waals surface area contributed by atoms with Crippen LogP contribution in [0.4, 0.5) is 5.69 Å². The number of anilines is 1. The highest BCUT2D eigenvalue weighted by Gasteiger charge is 2.38. The molecule has 0 spiro atoms. The van der Waals surface area contributed by atoms with Gasteiger partial charge in [0.15, 0.2) is 9.84 Å². The van der Waals surface area contributed by atoms with Gasteiger partial charge in [0.25, 0.3) is 0 Å². The van der Waals surface area contributed by atoms with Gasteiger partial charge in [-0.15, -0.1) is 0 Å². The first-order valence-corrected chi connectivity index (χ1v) is 11.0. The molecule has 2 unspecified atom stereocenters. The van der Waals surface area contributed by atoms with Gasteiger partial charge in [-0.1, -0.05) is 50.8 Å². The normalized spacial score (nSPS) is 18.2. The Morgan fingerprint density at radius 3 is 2.54 bits per heavy atom. The van der Waals surface area contributed by atoms with Crippen LogP contribution >= 0.6 is 0 Å². The number of carboxylic acids is 1. The standard InChI is InChI=1S/C19H27NO5S/c1-3-4-5-6-10-16(19(22)23)18(21)20-13-15(26(2,24)25)12-14-9-7-8-11-17(14)20/h7-9,11,15-16H,3-6,10,12-13H2,1-2H3,(H,22,23).